The molecule has 1 rings (SSSR count). The van der Waals surface area contributed by atoms with Crippen LogP contribution in [-0.4, -0.2) is 32.6 Å². The number of hydrogen-bond donors (Lipinski definition) is 2. The third-order valence-electron chi connectivity index (χ3n) is 1.85. The molecule has 2 N–H and O–H groups in total. The molecule has 5 nitrogen and oxygen atoms in total. The Labute approximate surface area is 75.6 Å². The summed E-state index contributed by atoms with van der Waals surface area (Å²) in [6.07, 6.45) is 1.94. The third-order valence-corrected chi connectivity index (χ3v) is 1.85. The van der Waals surface area contributed by atoms with Crippen molar-refractivity contribution in [2.75, 3.05) is 6.61 Å². The number of carbonyl (C=O) groups is 1. The first-order chi connectivity index (χ1) is 6.16. The summed E-state index contributed by atoms with van der Waals surface area (Å²) in [5.41, 5.74) is 0.154. The summed E-state index contributed by atoms with van der Waals surface area (Å²) in [5, 5.41) is 21.3. The number of aliphatic hydroxyl groups excluding tert-OH is 1. The summed E-state index contributed by atoms with van der Waals surface area (Å²) in [4.78, 5) is 10.7. The molecular weight excluding hydrogens is 172 g/mol. The zero-order valence-electron chi connectivity index (χ0n) is 7.34. The van der Waals surface area contributed by atoms with Gasteiger partial charge < -0.3 is 10.2 Å². The van der Waals surface area contributed by atoms with E-state index < -0.39 is 5.97 Å². The molecule has 1 atom stereocenters. The molecule has 0 aliphatic carbocycles. The van der Waals surface area contributed by atoms with E-state index in [0.29, 0.717) is 6.42 Å². The van der Waals surface area contributed by atoms with Crippen molar-refractivity contribution in [3.8, 4) is 0 Å². The first kappa shape index (κ1) is 9.73. The topological polar surface area (TPSA) is 75.3 Å². The molecule has 5 heteroatoms. The van der Waals surface area contributed by atoms with Crippen LogP contribution in [0.4, 0.5) is 0 Å². The highest BCUT2D eigenvalue weighted by Crippen LogP contribution is 2.11. The first-order valence-corrected chi connectivity index (χ1v) is 4.04. The molecule has 72 valence electrons. The van der Waals surface area contributed by atoms with E-state index in [9.17, 15) is 4.79 Å². The number of aromatic carboxylic acids is 1. The quantitative estimate of drug-likeness (QED) is 0.715. The second kappa shape index (κ2) is 4.04. The maximum absolute atomic E-state index is 10.7. The molecule has 1 heterocycles. The van der Waals surface area contributed by atoms with Crippen LogP contribution in [0.5, 0.6) is 0 Å². The Morgan fingerprint density at radius 2 is 2.46 bits per heavy atom. The fourth-order valence-electron chi connectivity index (χ4n) is 1.14. The Balaban J connectivity index is 2.86. The molecule has 1 aromatic heterocycles. The van der Waals surface area contributed by atoms with E-state index in [4.69, 9.17) is 10.2 Å². The van der Waals surface area contributed by atoms with Crippen LogP contribution in [0.3, 0.4) is 0 Å². The van der Waals surface area contributed by atoms with Gasteiger partial charge >= 0.3 is 5.97 Å². The summed E-state index contributed by atoms with van der Waals surface area (Å²) < 4.78 is 1.40. The van der Waals surface area contributed by atoms with Gasteiger partial charge in [0.15, 0.2) is 0 Å². The third kappa shape index (κ3) is 2.06. The summed E-state index contributed by atoms with van der Waals surface area (Å²) in [6.45, 7) is 1.84. The average Bonchev–Trinajstić information content (AvgIpc) is 2.52. The van der Waals surface area contributed by atoms with Gasteiger partial charge in [-0.05, 0) is 19.4 Å². The molecule has 0 spiro atoms. The van der Waals surface area contributed by atoms with Gasteiger partial charge in [0.1, 0.15) is 5.69 Å². The Morgan fingerprint density at radius 3 is 3.00 bits per heavy atom. The van der Waals surface area contributed by atoms with E-state index in [-0.39, 0.29) is 18.3 Å². The highest BCUT2D eigenvalue weighted by atomic mass is 16.4. The van der Waals surface area contributed by atoms with Crippen molar-refractivity contribution in [1.82, 2.24) is 9.78 Å². The number of nitrogens with zero attached hydrogens (tertiary/aromatic N) is 2. The van der Waals surface area contributed by atoms with E-state index >= 15 is 0 Å². The fraction of sp³-hybridized carbons (Fsp3) is 0.500. The summed E-state index contributed by atoms with van der Waals surface area (Å²) >= 11 is 0. The van der Waals surface area contributed by atoms with Crippen molar-refractivity contribution >= 4 is 5.97 Å². The Kier molecular flexibility index (Phi) is 3.02. The normalized spacial score (nSPS) is 12.8. The molecule has 0 bridgehead atoms. The molecule has 0 aromatic carbocycles. The molecule has 0 saturated heterocycles. The molecule has 0 aliphatic heterocycles. The minimum Gasteiger partial charge on any atom is -0.477 e. The van der Waals surface area contributed by atoms with Gasteiger partial charge in [0.2, 0.25) is 0 Å². The van der Waals surface area contributed by atoms with Crippen LogP contribution in [-0.2, 0) is 0 Å². The highest BCUT2D eigenvalue weighted by Gasteiger charge is 2.14. The van der Waals surface area contributed by atoms with Gasteiger partial charge in [0.25, 0.3) is 0 Å². The van der Waals surface area contributed by atoms with E-state index in [1.807, 2.05) is 6.92 Å². The molecule has 1 unspecified atom stereocenters. The van der Waals surface area contributed by atoms with Gasteiger partial charge in [-0.1, -0.05) is 0 Å². The maximum Gasteiger partial charge on any atom is 0.354 e. The van der Waals surface area contributed by atoms with Crippen LogP contribution in [0, 0.1) is 0 Å². The largest absolute Gasteiger partial charge is 0.477 e. The average molecular weight is 184 g/mol. The predicted molar refractivity (Wildman–Crippen MR) is 45.6 cm³/mol. The SMILES string of the molecule is CC(CCO)n1nccc1C(=O)O. The smallest absolute Gasteiger partial charge is 0.354 e. The molecule has 0 aliphatic rings. The second-order valence-corrected chi connectivity index (χ2v) is 2.83. The zero-order valence-corrected chi connectivity index (χ0v) is 7.34. The maximum atomic E-state index is 10.7. The zero-order chi connectivity index (χ0) is 9.84. The first-order valence-electron chi connectivity index (χ1n) is 4.04. The van der Waals surface area contributed by atoms with E-state index in [0.717, 1.165) is 0 Å². The minimum atomic E-state index is -0.998. The predicted octanol–water partition coefficient (Wildman–Crippen LogP) is 0.525. The van der Waals surface area contributed by atoms with Crippen molar-refractivity contribution in [3.05, 3.63) is 18.0 Å². The molecule has 1 aromatic rings. The van der Waals surface area contributed by atoms with Crippen molar-refractivity contribution in [2.45, 2.75) is 19.4 Å². The lowest BCUT2D eigenvalue weighted by atomic mass is 10.2. The monoisotopic (exact) mass is 184 g/mol. The molecule has 0 amide bonds. The molecule has 0 saturated carbocycles. The molecule has 13 heavy (non-hydrogen) atoms. The van der Waals surface area contributed by atoms with Crippen LogP contribution in [0.25, 0.3) is 0 Å². The number of hydrogen-bond acceptors (Lipinski definition) is 3. The van der Waals surface area contributed by atoms with E-state index in [1.54, 1.807) is 0 Å². The van der Waals surface area contributed by atoms with Crippen LogP contribution < -0.4 is 0 Å². The van der Waals surface area contributed by atoms with Gasteiger partial charge in [0.05, 0.1) is 6.04 Å². The van der Waals surface area contributed by atoms with Crippen molar-refractivity contribution in [2.24, 2.45) is 0 Å². The number of rotatable bonds is 4. The lowest BCUT2D eigenvalue weighted by Gasteiger charge is -2.11. The summed E-state index contributed by atoms with van der Waals surface area (Å²) in [6, 6.07) is 1.35. The number of aromatic nitrogens is 2. The van der Waals surface area contributed by atoms with Gasteiger partial charge in [-0.15, -0.1) is 0 Å². The Bertz CT molecular complexity index is 295. The van der Waals surface area contributed by atoms with Crippen molar-refractivity contribution in [3.63, 3.8) is 0 Å². The molecule has 0 fully saturated rings. The molecular formula is C8H12N2O3. The van der Waals surface area contributed by atoms with Crippen LogP contribution >= 0.6 is 0 Å². The van der Waals surface area contributed by atoms with E-state index in [2.05, 4.69) is 5.10 Å². The number of carboxylic acids is 1. The van der Waals surface area contributed by atoms with Gasteiger partial charge in [-0.25, -0.2) is 4.79 Å². The molecule has 0 radical (unpaired) electrons. The van der Waals surface area contributed by atoms with Crippen LogP contribution in [0.1, 0.15) is 29.9 Å². The van der Waals surface area contributed by atoms with E-state index in [1.165, 1.54) is 16.9 Å². The van der Waals surface area contributed by atoms with Gasteiger partial charge in [0, 0.05) is 12.8 Å². The lowest BCUT2D eigenvalue weighted by molar-refractivity contribution is 0.0679. The lowest BCUT2D eigenvalue weighted by Crippen LogP contribution is -2.15. The van der Waals surface area contributed by atoms with Gasteiger partial charge in [-0.3, -0.25) is 4.68 Å². The summed E-state index contributed by atoms with van der Waals surface area (Å²) in [7, 11) is 0. The highest BCUT2D eigenvalue weighted by molar-refractivity contribution is 5.85. The minimum absolute atomic E-state index is 0.0279. The van der Waals surface area contributed by atoms with Crippen LogP contribution in [0.15, 0.2) is 12.3 Å². The number of aliphatic hydroxyl groups is 1. The Hall–Kier alpha value is -1.36. The van der Waals surface area contributed by atoms with Crippen LogP contribution in [0.2, 0.25) is 0 Å². The standard InChI is InChI=1S/C8H12N2O3/c1-6(3-5-11)10-7(8(12)13)2-4-9-10/h2,4,6,11H,3,5H2,1H3,(H,12,13). The second-order valence-electron chi connectivity index (χ2n) is 2.83. The fourth-order valence-corrected chi connectivity index (χ4v) is 1.14. The number of carboxylic acid groups (broad SMARTS) is 1. The van der Waals surface area contributed by atoms with Crippen molar-refractivity contribution in [1.29, 1.82) is 0 Å². The van der Waals surface area contributed by atoms with Gasteiger partial charge in [-0.2, -0.15) is 5.10 Å². The van der Waals surface area contributed by atoms with Crippen molar-refractivity contribution < 1.29 is 15.0 Å². The Morgan fingerprint density at radius 1 is 1.77 bits per heavy atom. The summed E-state index contributed by atoms with van der Waals surface area (Å²) in [5.74, 6) is -0.998.